The number of aromatic nitrogens is 2. The zero-order chi connectivity index (χ0) is 23.6. The first kappa shape index (κ1) is 23.8. The van der Waals surface area contributed by atoms with Crippen molar-refractivity contribution in [1.82, 2.24) is 14.7 Å². The van der Waals surface area contributed by atoms with Gasteiger partial charge in [-0.15, -0.1) is 0 Å². The van der Waals surface area contributed by atoms with E-state index >= 15 is 0 Å². The number of non-ortho nitro benzene ring substituents is 1. The van der Waals surface area contributed by atoms with E-state index in [9.17, 15) is 19.7 Å². The molecule has 0 saturated carbocycles. The second kappa shape index (κ2) is 8.75. The number of nitro benzene ring substituents is 1. The molecule has 0 unspecified atom stereocenters. The number of hydrogen-bond acceptors (Lipinski definition) is 7. The molecule has 0 N–H and O–H groups in total. The highest BCUT2D eigenvalue weighted by molar-refractivity contribution is 5.88. The molecule has 1 aromatic heterocycles. The van der Waals surface area contributed by atoms with Gasteiger partial charge in [-0.25, -0.2) is 19.2 Å². The summed E-state index contributed by atoms with van der Waals surface area (Å²) < 4.78 is 12.3. The normalized spacial score (nSPS) is 11.7. The topological polar surface area (TPSA) is 117 Å². The van der Waals surface area contributed by atoms with E-state index in [1.165, 1.54) is 22.9 Å². The van der Waals surface area contributed by atoms with Crippen LogP contribution in [-0.2, 0) is 16.0 Å². The predicted molar refractivity (Wildman–Crippen MR) is 113 cm³/mol. The SMILES string of the molecule is Cc1cnn(-c2ccc([N+](=O)[O-])cc2CN(C(=O)OC(C)(C)C)C(=O)OC(C)(C)C)c1. The quantitative estimate of drug-likeness (QED) is 0.505. The Morgan fingerprint density at radius 2 is 1.65 bits per heavy atom. The van der Waals surface area contributed by atoms with Crippen LogP contribution in [-0.4, -0.2) is 43.0 Å². The third-order valence-corrected chi connectivity index (χ3v) is 3.79. The molecule has 0 aliphatic rings. The number of ether oxygens (including phenoxy) is 2. The van der Waals surface area contributed by atoms with Crippen LogP contribution in [0.15, 0.2) is 30.6 Å². The van der Waals surface area contributed by atoms with Crippen LogP contribution in [0, 0.1) is 17.0 Å². The Hall–Kier alpha value is -3.43. The Kier molecular flexibility index (Phi) is 6.73. The minimum absolute atomic E-state index is 0.184. The number of carbonyl (C=O) groups is 2. The molecule has 0 saturated heterocycles. The molecule has 0 atom stereocenters. The largest absolute Gasteiger partial charge is 0.443 e. The van der Waals surface area contributed by atoms with E-state index < -0.39 is 28.3 Å². The lowest BCUT2D eigenvalue weighted by Crippen LogP contribution is -2.43. The van der Waals surface area contributed by atoms with E-state index in [-0.39, 0.29) is 12.2 Å². The lowest BCUT2D eigenvalue weighted by Gasteiger charge is -2.29. The third-order valence-electron chi connectivity index (χ3n) is 3.79. The summed E-state index contributed by atoms with van der Waals surface area (Å²) in [6.07, 6.45) is 1.52. The smallest absolute Gasteiger partial charge is 0.420 e. The summed E-state index contributed by atoms with van der Waals surface area (Å²) in [4.78, 5) is 37.2. The molecular formula is C21H28N4O6. The maximum atomic E-state index is 12.8. The van der Waals surface area contributed by atoms with Gasteiger partial charge in [0, 0.05) is 23.9 Å². The van der Waals surface area contributed by atoms with Crippen molar-refractivity contribution in [3.05, 3.63) is 51.8 Å². The van der Waals surface area contributed by atoms with Gasteiger partial charge >= 0.3 is 12.2 Å². The van der Waals surface area contributed by atoms with Crippen molar-refractivity contribution >= 4 is 17.9 Å². The molecule has 0 radical (unpaired) electrons. The van der Waals surface area contributed by atoms with Gasteiger partial charge in [-0.05, 0) is 60.1 Å². The molecule has 1 heterocycles. The first-order chi connectivity index (χ1) is 14.2. The van der Waals surface area contributed by atoms with Gasteiger partial charge in [-0.3, -0.25) is 10.1 Å². The fourth-order valence-corrected chi connectivity index (χ4v) is 2.59. The Morgan fingerprint density at radius 1 is 1.10 bits per heavy atom. The fraction of sp³-hybridized carbons (Fsp3) is 0.476. The minimum Gasteiger partial charge on any atom is -0.443 e. The van der Waals surface area contributed by atoms with Crippen LogP contribution in [0.3, 0.4) is 0 Å². The number of rotatable bonds is 4. The molecule has 10 nitrogen and oxygen atoms in total. The molecule has 2 aromatic rings. The van der Waals surface area contributed by atoms with Gasteiger partial charge in [-0.2, -0.15) is 5.10 Å². The maximum absolute atomic E-state index is 12.8. The summed E-state index contributed by atoms with van der Waals surface area (Å²) in [7, 11) is 0. The molecule has 0 spiro atoms. The molecule has 168 valence electrons. The second-order valence-corrected chi connectivity index (χ2v) is 9.08. The number of benzene rings is 1. The lowest BCUT2D eigenvalue weighted by molar-refractivity contribution is -0.384. The molecule has 0 aliphatic heterocycles. The van der Waals surface area contributed by atoms with Gasteiger partial charge < -0.3 is 9.47 Å². The summed E-state index contributed by atoms with van der Waals surface area (Å²) in [5, 5.41) is 15.6. The van der Waals surface area contributed by atoms with Crippen molar-refractivity contribution in [3.63, 3.8) is 0 Å². The third kappa shape index (κ3) is 6.80. The highest BCUT2D eigenvalue weighted by Crippen LogP contribution is 2.25. The lowest BCUT2D eigenvalue weighted by atomic mass is 10.1. The van der Waals surface area contributed by atoms with Crippen molar-refractivity contribution in [2.45, 2.75) is 66.2 Å². The van der Waals surface area contributed by atoms with Crippen molar-refractivity contribution in [1.29, 1.82) is 0 Å². The number of nitrogens with zero attached hydrogens (tertiary/aromatic N) is 4. The van der Waals surface area contributed by atoms with E-state index in [4.69, 9.17) is 9.47 Å². The second-order valence-electron chi connectivity index (χ2n) is 9.08. The maximum Gasteiger partial charge on any atom is 0.420 e. The summed E-state index contributed by atoms with van der Waals surface area (Å²) in [6, 6.07) is 4.15. The number of amides is 2. The average Bonchev–Trinajstić information content (AvgIpc) is 3.02. The van der Waals surface area contributed by atoms with E-state index in [1.54, 1.807) is 53.9 Å². The first-order valence-corrected chi connectivity index (χ1v) is 9.69. The number of nitro groups is 1. The molecule has 2 rings (SSSR count). The molecule has 1 aromatic carbocycles. The van der Waals surface area contributed by atoms with Gasteiger partial charge in [-0.1, -0.05) is 0 Å². The Labute approximate surface area is 180 Å². The number of aryl methyl sites for hydroxylation is 1. The first-order valence-electron chi connectivity index (χ1n) is 9.69. The van der Waals surface area contributed by atoms with Crippen LogP contribution in [0.5, 0.6) is 0 Å². The van der Waals surface area contributed by atoms with Crippen molar-refractivity contribution in [2.75, 3.05) is 0 Å². The van der Waals surface area contributed by atoms with Gasteiger partial charge in [0.25, 0.3) is 5.69 Å². The summed E-state index contributed by atoms with van der Waals surface area (Å²) in [6.45, 7) is 11.6. The molecule has 31 heavy (non-hydrogen) atoms. The molecule has 10 heteroatoms. The van der Waals surface area contributed by atoms with E-state index in [2.05, 4.69) is 5.10 Å². The van der Waals surface area contributed by atoms with Gasteiger partial charge in [0.2, 0.25) is 0 Å². The van der Waals surface area contributed by atoms with E-state index in [0.717, 1.165) is 10.5 Å². The fourth-order valence-electron chi connectivity index (χ4n) is 2.59. The van der Waals surface area contributed by atoms with E-state index in [1.807, 2.05) is 6.92 Å². The van der Waals surface area contributed by atoms with Gasteiger partial charge in [0.05, 0.1) is 23.4 Å². The van der Waals surface area contributed by atoms with Crippen molar-refractivity contribution < 1.29 is 24.0 Å². The highest BCUT2D eigenvalue weighted by Gasteiger charge is 2.32. The molecule has 2 amide bonds. The molecule has 0 aliphatic carbocycles. The van der Waals surface area contributed by atoms with Crippen LogP contribution in [0.2, 0.25) is 0 Å². The molecule has 0 bridgehead atoms. The monoisotopic (exact) mass is 432 g/mol. The molecule has 0 fully saturated rings. The Balaban J connectivity index is 2.52. The van der Waals surface area contributed by atoms with Crippen LogP contribution < -0.4 is 0 Å². The van der Waals surface area contributed by atoms with Crippen LogP contribution in [0.1, 0.15) is 52.7 Å². The van der Waals surface area contributed by atoms with E-state index in [0.29, 0.717) is 11.3 Å². The summed E-state index contributed by atoms with van der Waals surface area (Å²) in [5.41, 5.74) is -0.217. The Morgan fingerprint density at radius 3 is 2.06 bits per heavy atom. The van der Waals surface area contributed by atoms with Crippen LogP contribution in [0.4, 0.5) is 15.3 Å². The van der Waals surface area contributed by atoms with Crippen molar-refractivity contribution in [2.24, 2.45) is 0 Å². The molecular weight excluding hydrogens is 404 g/mol. The zero-order valence-corrected chi connectivity index (χ0v) is 18.8. The summed E-state index contributed by atoms with van der Waals surface area (Å²) in [5.74, 6) is 0. The van der Waals surface area contributed by atoms with Gasteiger partial charge in [0.15, 0.2) is 0 Å². The number of carbonyl (C=O) groups excluding carboxylic acids is 2. The minimum atomic E-state index is -0.921. The predicted octanol–water partition coefficient (Wildman–Crippen LogP) is 4.76. The van der Waals surface area contributed by atoms with Crippen LogP contribution in [0.25, 0.3) is 5.69 Å². The zero-order valence-electron chi connectivity index (χ0n) is 18.8. The highest BCUT2D eigenvalue weighted by atomic mass is 16.6. The summed E-state index contributed by atoms with van der Waals surface area (Å²) >= 11 is 0. The Bertz CT molecular complexity index is 956. The van der Waals surface area contributed by atoms with Gasteiger partial charge in [0.1, 0.15) is 11.2 Å². The number of imide groups is 1. The number of hydrogen-bond donors (Lipinski definition) is 0. The average molecular weight is 432 g/mol. The standard InChI is InChI=1S/C21H28N4O6/c1-14-11-22-24(12-14)17-9-8-16(25(28)29)10-15(17)13-23(18(26)30-20(2,3)4)19(27)31-21(5,6)7/h8-12H,13H2,1-7H3. The van der Waals surface area contributed by atoms with Crippen LogP contribution >= 0.6 is 0 Å². The van der Waals surface area contributed by atoms with Crippen molar-refractivity contribution in [3.8, 4) is 5.69 Å².